The molecule has 6 rings (SSSR count). The van der Waals surface area contributed by atoms with Gasteiger partial charge in [0.15, 0.2) is 0 Å². The first-order chi connectivity index (χ1) is 17.5. The summed E-state index contributed by atoms with van der Waals surface area (Å²) >= 11 is 6.38. The van der Waals surface area contributed by atoms with Gasteiger partial charge in [0, 0.05) is 41.3 Å². The van der Waals surface area contributed by atoms with Crippen LogP contribution in [0.3, 0.4) is 0 Å². The highest BCUT2D eigenvalue weighted by Gasteiger charge is 2.25. The van der Waals surface area contributed by atoms with E-state index in [0.29, 0.717) is 22.5 Å². The molecule has 2 aromatic heterocycles. The van der Waals surface area contributed by atoms with Gasteiger partial charge in [0.2, 0.25) is 0 Å². The minimum absolute atomic E-state index is 0.172. The Morgan fingerprint density at radius 1 is 1.06 bits per heavy atom. The van der Waals surface area contributed by atoms with E-state index in [9.17, 15) is 4.79 Å². The lowest BCUT2D eigenvalue weighted by molar-refractivity contribution is 0.315. The van der Waals surface area contributed by atoms with Crippen molar-refractivity contribution in [3.8, 4) is 11.4 Å². The molecule has 4 N–H and O–H groups in total. The number of nitrogens with one attached hydrogen (secondary N) is 4. The van der Waals surface area contributed by atoms with Crippen molar-refractivity contribution in [2.24, 2.45) is 0 Å². The van der Waals surface area contributed by atoms with Gasteiger partial charge in [-0.15, -0.1) is 0 Å². The molecule has 2 aliphatic heterocycles. The number of aromatic nitrogens is 3. The molecule has 2 saturated heterocycles. The summed E-state index contributed by atoms with van der Waals surface area (Å²) in [6.45, 7) is 3.95. The van der Waals surface area contributed by atoms with Crippen molar-refractivity contribution in [3.05, 3.63) is 51.8 Å². The zero-order valence-corrected chi connectivity index (χ0v) is 21.5. The van der Waals surface area contributed by atoms with Gasteiger partial charge in [0.05, 0.1) is 22.2 Å². The SMILES string of the molecule is CN(C)C1CCN(c2ccc3nc(-c4c(NC5CCNCC5)c5cc(Cl)ccc5[nH]c4=O)[nH]c3c2)C1. The standard InChI is InChI=1S/C27H32ClN7O/c1-34(2)19-9-12-35(15-19)18-4-6-22-23(14-18)32-26(31-22)24-25(30-17-7-10-29-11-8-17)20-13-16(28)3-5-21(20)33-27(24)36/h3-6,13-14,17,19,29H,7-12,15H2,1-2H3,(H,31,32)(H2,30,33,36). The van der Waals surface area contributed by atoms with Crippen LogP contribution in [0.2, 0.25) is 5.02 Å². The molecular formula is C27H32ClN7O. The van der Waals surface area contributed by atoms with Crippen LogP contribution in [-0.4, -0.2) is 72.2 Å². The van der Waals surface area contributed by atoms with Crippen LogP contribution in [0.4, 0.5) is 11.4 Å². The molecule has 2 aromatic carbocycles. The number of H-pyrrole nitrogens is 2. The zero-order chi connectivity index (χ0) is 24.8. The monoisotopic (exact) mass is 505 g/mol. The summed E-state index contributed by atoms with van der Waals surface area (Å²) < 4.78 is 0. The van der Waals surface area contributed by atoms with Gasteiger partial charge in [0.1, 0.15) is 11.4 Å². The zero-order valence-electron chi connectivity index (χ0n) is 20.7. The average molecular weight is 506 g/mol. The van der Waals surface area contributed by atoms with Crippen molar-refractivity contribution in [1.82, 2.24) is 25.2 Å². The summed E-state index contributed by atoms with van der Waals surface area (Å²) in [6.07, 6.45) is 3.13. The number of piperidine rings is 1. The van der Waals surface area contributed by atoms with E-state index < -0.39 is 0 Å². The molecule has 8 nitrogen and oxygen atoms in total. The Morgan fingerprint density at radius 3 is 2.67 bits per heavy atom. The number of benzene rings is 2. The maximum atomic E-state index is 13.4. The highest BCUT2D eigenvalue weighted by atomic mass is 35.5. The van der Waals surface area contributed by atoms with Crippen molar-refractivity contribution in [2.75, 3.05) is 50.5 Å². The molecule has 36 heavy (non-hydrogen) atoms. The molecule has 0 bridgehead atoms. The maximum absolute atomic E-state index is 13.4. The number of hydrogen-bond acceptors (Lipinski definition) is 6. The molecule has 1 unspecified atom stereocenters. The highest BCUT2D eigenvalue weighted by Crippen LogP contribution is 2.34. The highest BCUT2D eigenvalue weighted by molar-refractivity contribution is 6.31. The molecule has 0 saturated carbocycles. The number of likely N-dealkylation sites (N-methyl/N-ethyl adjacent to an activating group) is 1. The number of aromatic amines is 2. The van der Waals surface area contributed by atoms with Gasteiger partial charge in [-0.2, -0.15) is 0 Å². The van der Waals surface area contributed by atoms with Crippen LogP contribution >= 0.6 is 11.6 Å². The van der Waals surface area contributed by atoms with Crippen molar-refractivity contribution in [2.45, 2.75) is 31.3 Å². The van der Waals surface area contributed by atoms with E-state index in [-0.39, 0.29) is 11.6 Å². The summed E-state index contributed by atoms with van der Waals surface area (Å²) in [5.74, 6) is 0.564. The van der Waals surface area contributed by atoms with Gasteiger partial charge < -0.3 is 30.4 Å². The predicted octanol–water partition coefficient (Wildman–Crippen LogP) is 4.03. The number of hydrogen-bond donors (Lipinski definition) is 4. The van der Waals surface area contributed by atoms with Crippen LogP contribution in [0.5, 0.6) is 0 Å². The molecule has 0 radical (unpaired) electrons. The van der Waals surface area contributed by atoms with E-state index in [1.807, 2.05) is 18.2 Å². The van der Waals surface area contributed by atoms with E-state index in [0.717, 1.165) is 73.1 Å². The molecule has 0 amide bonds. The molecule has 188 valence electrons. The van der Waals surface area contributed by atoms with E-state index in [4.69, 9.17) is 16.6 Å². The fourth-order valence-corrected chi connectivity index (χ4v) is 5.69. The first-order valence-electron chi connectivity index (χ1n) is 12.7. The van der Waals surface area contributed by atoms with Gasteiger partial charge in [-0.3, -0.25) is 4.79 Å². The third-order valence-electron chi connectivity index (χ3n) is 7.62. The lowest BCUT2D eigenvalue weighted by Gasteiger charge is -2.26. The molecule has 0 spiro atoms. The largest absolute Gasteiger partial charge is 0.381 e. The molecule has 9 heteroatoms. The number of fused-ring (bicyclic) bond motifs is 2. The number of pyridine rings is 1. The molecule has 4 aromatic rings. The first kappa shape index (κ1) is 23.3. The number of imidazole rings is 1. The van der Waals surface area contributed by atoms with Gasteiger partial charge in [-0.25, -0.2) is 4.98 Å². The van der Waals surface area contributed by atoms with Gasteiger partial charge in [0.25, 0.3) is 5.56 Å². The van der Waals surface area contributed by atoms with E-state index in [1.54, 1.807) is 6.07 Å². The second-order valence-corrected chi connectivity index (χ2v) is 10.6. The summed E-state index contributed by atoms with van der Waals surface area (Å²) in [5.41, 5.74) is 4.84. The predicted molar refractivity (Wildman–Crippen MR) is 148 cm³/mol. The minimum Gasteiger partial charge on any atom is -0.381 e. The van der Waals surface area contributed by atoms with Crippen molar-refractivity contribution >= 4 is 44.9 Å². The third-order valence-corrected chi connectivity index (χ3v) is 7.86. The Balaban J connectivity index is 1.43. The molecule has 2 aliphatic rings. The minimum atomic E-state index is -0.172. The van der Waals surface area contributed by atoms with Crippen LogP contribution in [0, 0.1) is 0 Å². The van der Waals surface area contributed by atoms with Gasteiger partial charge in [-0.05, 0) is 82.8 Å². The fourth-order valence-electron chi connectivity index (χ4n) is 5.52. The summed E-state index contributed by atoms with van der Waals surface area (Å²) in [7, 11) is 4.28. The Labute approximate surface area is 215 Å². The van der Waals surface area contributed by atoms with E-state index >= 15 is 0 Å². The summed E-state index contributed by atoms with van der Waals surface area (Å²) in [4.78, 5) is 29.5. The topological polar surface area (TPSA) is 92.1 Å². The summed E-state index contributed by atoms with van der Waals surface area (Å²) in [5, 5.41) is 8.61. The Kier molecular flexibility index (Phi) is 6.11. The third kappa shape index (κ3) is 4.34. The number of halogens is 1. The number of rotatable bonds is 5. The lowest BCUT2D eigenvalue weighted by atomic mass is 10.0. The van der Waals surface area contributed by atoms with Crippen LogP contribution in [0.25, 0.3) is 33.3 Å². The number of nitrogens with zero attached hydrogens (tertiary/aromatic N) is 3. The average Bonchev–Trinajstić information content (AvgIpc) is 3.52. The Bertz CT molecular complexity index is 1470. The van der Waals surface area contributed by atoms with Crippen LogP contribution in [0.15, 0.2) is 41.2 Å². The van der Waals surface area contributed by atoms with Crippen LogP contribution in [0.1, 0.15) is 19.3 Å². The van der Waals surface area contributed by atoms with Crippen molar-refractivity contribution in [1.29, 1.82) is 0 Å². The van der Waals surface area contributed by atoms with Crippen molar-refractivity contribution < 1.29 is 0 Å². The lowest BCUT2D eigenvalue weighted by Crippen LogP contribution is -2.35. The molecule has 2 fully saturated rings. The van der Waals surface area contributed by atoms with E-state index in [1.165, 1.54) is 5.69 Å². The fraction of sp³-hybridized carbons (Fsp3) is 0.407. The van der Waals surface area contributed by atoms with E-state index in [2.05, 4.69) is 56.6 Å². The second-order valence-electron chi connectivity index (χ2n) is 10.2. The molecule has 0 aliphatic carbocycles. The van der Waals surface area contributed by atoms with Crippen LogP contribution in [-0.2, 0) is 0 Å². The second kappa shape index (κ2) is 9.42. The summed E-state index contributed by atoms with van der Waals surface area (Å²) in [6, 6.07) is 12.7. The Morgan fingerprint density at radius 2 is 1.89 bits per heavy atom. The van der Waals surface area contributed by atoms with Gasteiger partial charge in [-0.1, -0.05) is 11.6 Å². The normalized spacial score (nSPS) is 19.1. The smallest absolute Gasteiger partial charge is 0.261 e. The molecular weight excluding hydrogens is 474 g/mol. The molecule has 1 atom stereocenters. The van der Waals surface area contributed by atoms with Crippen LogP contribution < -0.4 is 21.1 Å². The Hall–Kier alpha value is -3.07. The number of anilines is 2. The molecule has 4 heterocycles. The van der Waals surface area contributed by atoms with Crippen molar-refractivity contribution in [3.63, 3.8) is 0 Å². The maximum Gasteiger partial charge on any atom is 0.261 e. The quantitative estimate of drug-likeness (QED) is 0.327. The first-order valence-corrected chi connectivity index (χ1v) is 13.1. The van der Waals surface area contributed by atoms with Gasteiger partial charge >= 0.3 is 0 Å².